The third kappa shape index (κ3) is 4.55. The number of carbonyl (C=O) groups is 1. The quantitative estimate of drug-likeness (QED) is 0.495. The van der Waals surface area contributed by atoms with Gasteiger partial charge < -0.3 is 10.1 Å². The topological polar surface area (TPSA) is 56.1 Å². The number of nitrogens with one attached hydrogen (secondary N) is 1. The lowest BCUT2D eigenvalue weighted by atomic mass is 10.1. The molecule has 5 nitrogen and oxygen atoms in total. The molecule has 29 heavy (non-hydrogen) atoms. The van der Waals surface area contributed by atoms with Crippen LogP contribution in [0.5, 0.6) is 5.75 Å². The SMILES string of the molecule is COc1ccc(-c2nn(-c3ccccc3)cc2CNC(=O)Cc2ccsc2)cc1. The molecule has 146 valence electrons. The summed E-state index contributed by atoms with van der Waals surface area (Å²) >= 11 is 1.60. The van der Waals surface area contributed by atoms with Crippen molar-refractivity contribution in [2.45, 2.75) is 13.0 Å². The summed E-state index contributed by atoms with van der Waals surface area (Å²) in [6, 6.07) is 19.7. The van der Waals surface area contributed by atoms with E-state index >= 15 is 0 Å². The molecule has 2 heterocycles. The molecule has 0 aliphatic rings. The Balaban J connectivity index is 1.59. The molecule has 0 atom stereocenters. The Morgan fingerprint density at radius 2 is 1.90 bits per heavy atom. The van der Waals surface area contributed by atoms with E-state index in [1.807, 2.05) is 82.3 Å². The van der Waals surface area contributed by atoms with E-state index in [1.165, 1.54) is 0 Å². The second kappa shape index (κ2) is 8.75. The summed E-state index contributed by atoms with van der Waals surface area (Å²) in [5.74, 6) is 0.790. The van der Waals surface area contributed by atoms with E-state index in [0.29, 0.717) is 13.0 Å². The van der Waals surface area contributed by atoms with Crippen LogP contribution < -0.4 is 10.1 Å². The predicted octanol–water partition coefficient (Wildman–Crippen LogP) is 4.47. The molecule has 1 amide bonds. The Kier molecular flexibility index (Phi) is 5.72. The van der Waals surface area contributed by atoms with Crippen molar-refractivity contribution < 1.29 is 9.53 Å². The summed E-state index contributed by atoms with van der Waals surface area (Å²) in [5, 5.41) is 11.8. The number of ether oxygens (including phenoxy) is 1. The van der Waals surface area contributed by atoms with Crippen LogP contribution in [0.4, 0.5) is 0 Å². The molecule has 6 heteroatoms. The van der Waals surface area contributed by atoms with Crippen LogP contribution in [0.25, 0.3) is 16.9 Å². The number of hydrogen-bond donors (Lipinski definition) is 1. The molecule has 0 spiro atoms. The third-order valence-electron chi connectivity index (χ3n) is 4.60. The van der Waals surface area contributed by atoms with Gasteiger partial charge in [-0.15, -0.1) is 0 Å². The number of thiophene rings is 1. The van der Waals surface area contributed by atoms with Crippen LogP contribution in [0.2, 0.25) is 0 Å². The summed E-state index contributed by atoms with van der Waals surface area (Å²) < 4.78 is 7.10. The Morgan fingerprint density at radius 3 is 2.59 bits per heavy atom. The lowest BCUT2D eigenvalue weighted by Crippen LogP contribution is -2.24. The number of aromatic nitrogens is 2. The second-order valence-electron chi connectivity index (χ2n) is 6.60. The van der Waals surface area contributed by atoms with E-state index in [-0.39, 0.29) is 5.91 Å². The summed E-state index contributed by atoms with van der Waals surface area (Å²) in [7, 11) is 1.65. The van der Waals surface area contributed by atoms with Gasteiger partial charge in [-0.2, -0.15) is 16.4 Å². The zero-order valence-corrected chi connectivity index (χ0v) is 16.9. The smallest absolute Gasteiger partial charge is 0.224 e. The highest BCUT2D eigenvalue weighted by Crippen LogP contribution is 2.26. The van der Waals surface area contributed by atoms with Gasteiger partial charge >= 0.3 is 0 Å². The van der Waals surface area contributed by atoms with Gasteiger partial charge in [0.05, 0.1) is 24.9 Å². The summed E-state index contributed by atoms with van der Waals surface area (Å²) in [5.41, 5.74) is 4.77. The van der Waals surface area contributed by atoms with Crippen molar-refractivity contribution in [1.82, 2.24) is 15.1 Å². The first-order valence-electron chi connectivity index (χ1n) is 9.29. The fourth-order valence-corrected chi connectivity index (χ4v) is 3.75. The van der Waals surface area contributed by atoms with E-state index in [9.17, 15) is 4.79 Å². The first kappa shape index (κ1) is 19.0. The summed E-state index contributed by atoms with van der Waals surface area (Å²) in [4.78, 5) is 12.3. The first-order chi connectivity index (χ1) is 14.2. The van der Waals surface area contributed by atoms with Crippen LogP contribution in [0.3, 0.4) is 0 Å². The summed E-state index contributed by atoms with van der Waals surface area (Å²) in [6.45, 7) is 0.414. The Labute approximate surface area is 173 Å². The molecule has 0 fully saturated rings. The molecule has 2 aromatic carbocycles. The third-order valence-corrected chi connectivity index (χ3v) is 5.33. The van der Waals surface area contributed by atoms with Crippen LogP contribution in [0.1, 0.15) is 11.1 Å². The molecule has 0 aliphatic heterocycles. The fourth-order valence-electron chi connectivity index (χ4n) is 3.08. The van der Waals surface area contributed by atoms with Gasteiger partial charge in [0.2, 0.25) is 5.91 Å². The number of nitrogens with zero attached hydrogens (tertiary/aromatic N) is 2. The van der Waals surface area contributed by atoms with Gasteiger partial charge in [0.25, 0.3) is 0 Å². The van der Waals surface area contributed by atoms with Crippen molar-refractivity contribution in [2.75, 3.05) is 7.11 Å². The van der Waals surface area contributed by atoms with Gasteiger partial charge in [-0.3, -0.25) is 4.79 Å². The first-order valence-corrected chi connectivity index (χ1v) is 10.2. The van der Waals surface area contributed by atoms with E-state index in [1.54, 1.807) is 18.4 Å². The number of rotatable bonds is 7. The van der Waals surface area contributed by atoms with Crippen LogP contribution >= 0.6 is 11.3 Å². The molecule has 0 saturated heterocycles. The molecule has 0 saturated carbocycles. The highest BCUT2D eigenvalue weighted by Gasteiger charge is 2.14. The average Bonchev–Trinajstić information content (AvgIpc) is 3.43. The normalized spacial score (nSPS) is 10.7. The molecule has 0 aliphatic carbocycles. The van der Waals surface area contributed by atoms with Crippen LogP contribution in [0, 0.1) is 0 Å². The summed E-state index contributed by atoms with van der Waals surface area (Å²) in [6.07, 6.45) is 2.36. The molecule has 4 aromatic rings. The minimum absolute atomic E-state index is 0.00320. The highest BCUT2D eigenvalue weighted by atomic mass is 32.1. The van der Waals surface area contributed by atoms with Crippen molar-refractivity contribution in [3.8, 4) is 22.7 Å². The van der Waals surface area contributed by atoms with Crippen LogP contribution in [-0.4, -0.2) is 22.8 Å². The Morgan fingerprint density at radius 1 is 1.10 bits per heavy atom. The number of para-hydroxylation sites is 1. The van der Waals surface area contributed by atoms with Crippen LogP contribution in [-0.2, 0) is 17.8 Å². The number of methoxy groups -OCH3 is 1. The molecular formula is C23H21N3O2S. The van der Waals surface area contributed by atoms with E-state index in [2.05, 4.69) is 5.32 Å². The minimum atomic E-state index is -0.00320. The van der Waals surface area contributed by atoms with Gasteiger partial charge in [-0.05, 0) is 58.8 Å². The number of amides is 1. The molecule has 0 radical (unpaired) electrons. The maximum Gasteiger partial charge on any atom is 0.224 e. The van der Waals surface area contributed by atoms with Gasteiger partial charge in [-0.25, -0.2) is 4.68 Å². The minimum Gasteiger partial charge on any atom is -0.497 e. The number of hydrogen-bond acceptors (Lipinski definition) is 4. The van der Waals surface area contributed by atoms with Gasteiger partial charge in [0, 0.05) is 23.9 Å². The monoisotopic (exact) mass is 403 g/mol. The van der Waals surface area contributed by atoms with Crippen molar-refractivity contribution in [3.05, 3.63) is 88.7 Å². The lowest BCUT2D eigenvalue weighted by molar-refractivity contribution is -0.120. The van der Waals surface area contributed by atoms with Crippen LogP contribution in [0.15, 0.2) is 77.6 Å². The Hall–Kier alpha value is -3.38. The molecular weight excluding hydrogens is 382 g/mol. The standard InChI is InChI=1S/C23H21N3O2S/c1-28-21-9-7-18(8-10-21)23-19(14-24-22(27)13-17-11-12-29-16-17)15-26(25-23)20-5-3-2-4-6-20/h2-12,15-16H,13-14H2,1H3,(H,24,27). The average molecular weight is 404 g/mol. The maximum atomic E-state index is 12.3. The molecule has 0 bridgehead atoms. The lowest BCUT2D eigenvalue weighted by Gasteiger charge is -2.06. The van der Waals surface area contributed by atoms with Crippen molar-refractivity contribution >= 4 is 17.2 Å². The molecule has 0 unspecified atom stereocenters. The van der Waals surface area contributed by atoms with E-state index in [4.69, 9.17) is 9.84 Å². The zero-order chi connectivity index (χ0) is 20.1. The van der Waals surface area contributed by atoms with Crippen molar-refractivity contribution in [2.24, 2.45) is 0 Å². The fraction of sp³-hybridized carbons (Fsp3) is 0.130. The van der Waals surface area contributed by atoms with Crippen molar-refractivity contribution in [1.29, 1.82) is 0 Å². The van der Waals surface area contributed by atoms with E-state index in [0.717, 1.165) is 33.8 Å². The van der Waals surface area contributed by atoms with Gasteiger partial charge in [0.1, 0.15) is 5.75 Å². The Bertz CT molecular complexity index is 1070. The molecule has 4 rings (SSSR count). The molecule has 1 N–H and O–H groups in total. The second-order valence-corrected chi connectivity index (χ2v) is 7.38. The highest BCUT2D eigenvalue weighted by molar-refractivity contribution is 7.08. The van der Waals surface area contributed by atoms with E-state index < -0.39 is 0 Å². The largest absolute Gasteiger partial charge is 0.497 e. The number of carbonyl (C=O) groups excluding carboxylic acids is 1. The molecule has 2 aromatic heterocycles. The van der Waals surface area contributed by atoms with Gasteiger partial charge in [0.15, 0.2) is 0 Å². The predicted molar refractivity (Wildman–Crippen MR) is 115 cm³/mol. The van der Waals surface area contributed by atoms with Gasteiger partial charge in [-0.1, -0.05) is 18.2 Å². The maximum absolute atomic E-state index is 12.3. The number of benzene rings is 2. The van der Waals surface area contributed by atoms with Crippen molar-refractivity contribution in [3.63, 3.8) is 0 Å². The zero-order valence-electron chi connectivity index (χ0n) is 16.0.